The van der Waals surface area contributed by atoms with Crippen molar-refractivity contribution in [1.29, 1.82) is 0 Å². The Morgan fingerprint density at radius 2 is 1.39 bits per heavy atom. The van der Waals surface area contributed by atoms with E-state index in [9.17, 15) is 18.0 Å². The van der Waals surface area contributed by atoms with Crippen LogP contribution in [0.25, 0.3) is 0 Å². The molecule has 11 heteroatoms. The highest BCUT2D eigenvalue weighted by molar-refractivity contribution is 7.92. The van der Waals surface area contributed by atoms with Gasteiger partial charge in [-0.2, -0.15) is 0 Å². The molecule has 0 radical (unpaired) electrons. The van der Waals surface area contributed by atoms with E-state index in [2.05, 4.69) is 5.32 Å². The number of amides is 2. The van der Waals surface area contributed by atoms with E-state index in [-0.39, 0.29) is 29.6 Å². The number of anilines is 1. The number of hydrogen-bond acceptors (Lipinski definition) is 4. The van der Waals surface area contributed by atoms with Gasteiger partial charge in [0, 0.05) is 39.6 Å². The third-order valence-corrected chi connectivity index (χ3v) is 9.53. The minimum atomic E-state index is -4.24. The van der Waals surface area contributed by atoms with E-state index in [1.54, 1.807) is 54.6 Å². The Kier molecular flexibility index (Phi) is 11.3. The quantitative estimate of drug-likeness (QED) is 0.176. The maximum atomic E-state index is 14.5. The minimum Gasteiger partial charge on any atom is -0.352 e. The van der Waals surface area contributed by atoms with Crippen LogP contribution in [-0.4, -0.2) is 43.8 Å². The molecule has 230 valence electrons. The van der Waals surface area contributed by atoms with Crippen molar-refractivity contribution >= 4 is 62.3 Å². The topological polar surface area (TPSA) is 86.8 Å². The van der Waals surface area contributed by atoms with Gasteiger partial charge in [0.2, 0.25) is 11.8 Å². The van der Waals surface area contributed by atoms with Gasteiger partial charge < -0.3 is 10.2 Å². The predicted octanol–water partition coefficient (Wildman–Crippen LogP) is 7.01. The van der Waals surface area contributed by atoms with Crippen molar-refractivity contribution in [2.75, 3.05) is 10.8 Å². The van der Waals surface area contributed by atoms with Crippen LogP contribution in [0, 0.1) is 0 Å². The molecule has 0 aliphatic carbocycles. The summed E-state index contributed by atoms with van der Waals surface area (Å²) in [4.78, 5) is 29.6. The number of nitrogens with zero attached hydrogens (tertiary/aromatic N) is 2. The molecule has 4 aromatic carbocycles. The van der Waals surface area contributed by atoms with Gasteiger partial charge in [-0.15, -0.1) is 0 Å². The van der Waals surface area contributed by atoms with Crippen LogP contribution in [0.3, 0.4) is 0 Å². The number of halogens is 3. The molecular weight excluding hydrogens is 641 g/mol. The summed E-state index contributed by atoms with van der Waals surface area (Å²) in [6.45, 7) is 2.87. The highest BCUT2D eigenvalue weighted by Crippen LogP contribution is 2.30. The van der Waals surface area contributed by atoms with Crippen molar-refractivity contribution in [2.45, 2.75) is 43.8 Å². The summed E-state index contributed by atoms with van der Waals surface area (Å²) in [5.41, 5.74) is 1.43. The van der Waals surface area contributed by atoms with Gasteiger partial charge in [-0.3, -0.25) is 13.9 Å². The first-order valence-corrected chi connectivity index (χ1v) is 16.4. The molecule has 1 N–H and O–H groups in total. The zero-order valence-corrected chi connectivity index (χ0v) is 27.2. The van der Waals surface area contributed by atoms with Crippen LogP contribution < -0.4 is 9.62 Å². The van der Waals surface area contributed by atoms with Crippen LogP contribution in [-0.2, 0) is 32.6 Å². The normalized spacial score (nSPS) is 12.0. The van der Waals surface area contributed by atoms with Gasteiger partial charge in [0.1, 0.15) is 12.6 Å². The highest BCUT2D eigenvalue weighted by atomic mass is 35.5. The standard InChI is InChI=1S/C33H32Cl3N3O4S/c1-23(2)37-33(41)31(19-24-11-5-3-6-12-24)38(21-28-29(35)17-10-18-30(28)36)32(40)22-39(26-14-9-13-25(34)20-26)44(42,43)27-15-7-4-8-16-27/h3-18,20,23,31H,19,21-22H2,1-2H3,(H,37,41)/t31-/m0/s1. The Balaban J connectivity index is 1.84. The molecule has 0 bridgehead atoms. The second-order valence-corrected chi connectivity index (χ2v) is 13.5. The average Bonchev–Trinajstić information content (AvgIpc) is 2.99. The first kappa shape index (κ1) is 33.3. The van der Waals surface area contributed by atoms with Gasteiger partial charge >= 0.3 is 0 Å². The summed E-state index contributed by atoms with van der Waals surface area (Å²) >= 11 is 19.3. The first-order chi connectivity index (χ1) is 21.0. The van der Waals surface area contributed by atoms with E-state index in [0.717, 1.165) is 9.87 Å². The molecule has 0 aliphatic rings. The fraction of sp³-hybridized carbons (Fsp3) is 0.212. The number of carbonyl (C=O) groups is 2. The summed E-state index contributed by atoms with van der Waals surface area (Å²) in [5, 5.41) is 3.82. The van der Waals surface area contributed by atoms with Gasteiger partial charge in [0.15, 0.2) is 0 Å². The van der Waals surface area contributed by atoms with E-state index in [1.165, 1.54) is 23.1 Å². The third-order valence-electron chi connectivity index (χ3n) is 6.80. The molecular formula is C33H32Cl3N3O4S. The largest absolute Gasteiger partial charge is 0.352 e. The fourth-order valence-corrected chi connectivity index (χ4v) is 6.80. The molecule has 7 nitrogen and oxygen atoms in total. The van der Waals surface area contributed by atoms with Gasteiger partial charge in [-0.25, -0.2) is 8.42 Å². The fourth-order valence-electron chi connectivity index (χ4n) is 4.67. The summed E-state index contributed by atoms with van der Waals surface area (Å²) in [7, 11) is -4.24. The molecule has 0 spiro atoms. The van der Waals surface area contributed by atoms with E-state index in [4.69, 9.17) is 34.8 Å². The van der Waals surface area contributed by atoms with Crippen LogP contribution in [0.4, 0.5) is 5.69 Å². The number of sulfonamides is 1. The Bertz CT molecular complexity index is 1680. The van der Waals surface area contributed by atoms with Crippen molar-refractivity contribution in [3.8, 4) is 0 Å². The highest BCUT2D eigenvalue weighted by Gasteiger charge is 2.35. The Labute approximate surface area is 273 Å². The second kappa shape index (κ2) is 14.9. The zero-order valence-electron chi connectivity index (χ0n) is 24.2. The second-order valence-electron chi connectivity index (χ2n) is 10.4. The monoisotopic (exact) mass is 671 g/mol. The number of nitrogens with one attached hydrogen (secondary N) is 1. The molecule has 4 rings (SSSR count). The van der Waals surface area contributed by atoms with Crippen LogP contribution >= 0.6 is 34.8 Å². The Morgan fingerprint density at radius 1 is 0.795 bits per heavy atom. The molecule has 0 saturated carbocycles. The van der Waals surface area contributed by atoms with Crippen molar-refractivity contribution < 1.29 is 18.0 Å². The van der Waals surface area contributed by atoms with Crippen LogP contribution in [0.2, 0.25) is 15.1 Å². The van der Waals surface area contributed by atoms with Gasteiger partial charge in [-0.05, 0) is 61.9 Å². The van der Waals surface area contributed by atoms with E-state index in [0.29, 0.717) is 20.6 Å². The van der Waals surface area contributed by atoms with Gasteiger partial charge in [-0.1, -0.05) is 95.5 Å². The lowest BCUT2D eigenvalue weighted by Crippen LogP contribution is -2.54. The lowest BCUT2D eigenvalue weighted by atomic mass is 10.0. The predicted molar refractivity (Wildman–Crippen MR) is 177 cm³/mol. The summed E-state index contributed by atoms with van der Waals surface area (Å²) in [6.07, 6.45) is 0.163. The van der Waals surface area contributed by atoms with Crippen LogP contribution in [0.1, 0.15) is 25.0 Å². The Morgan fingerprint density at radius 3 is 1.98 bits per heavy atom. The average molecular weight is 673 g/mol. The van der Waals surface area contributed by atoms with Crippen molar-refractivity contribution in [1.82, 2.24) is 10.2 Å². The molecule has 0 aromatic heterocycles. The number of hydrogen-bond donors (Lipinski definition) is 1. The lowest BCUT2D eigenvalue weighted by Gasteiger charge is -2.34. The summed E-state index contributed by atoms with van der Waals surface area (Å²) in [6, 6.07) is 27.0. The van der Waals surface area contributed by atoms with Gasteiger partial charge in [0.05, 0.1) is 10.6 Å². The van der Waals surface area contributed by atoms with Crippen molar-refractivity contribution in [2.24, 2.45) is 0 Å². The molecule has 0 saturated heterocycles. The molecule has 4 aromatic rings. The molecule has 1 atom stereocenters. The Hall–Kier alpha value is -3.56. The van der Waals surface area contributed by atoms with Crippen LogP contribution in [0.5, 0.6) is 0 Å². The molecule has 0 heterocycles. The SMILES string of the molecule is CC(C)NC(=O)[C@H](Cc1ccccc1)N(Cc1c(Cl)cccc1Cl)C(=O)CN(c1cccc(Cl)c1)S(=O)(=O)c1ccccc1. The van der Waals surface area contributed by atoms with Crippen LogP contribution in [0.15, 0.2) is 108 Å². The van der Waals surface area contributed by atoms with E-state index in [1.807, 2.05) is 44.2 Å². The maximum Gasteiger partial charge on any atom is 0.264 e. The van der Waals surface area contributed by atoms with Crippen molar-refractivity contribution in [3.05, 3.63) is 129 Å². The molecule has 0 fully saturated rings. The number of benzene rings is 4. The molecule has 2 amide bonds. The van der Waals surface area contributed by atoms with Gasteiger partial charge in [0.25, 0.3) is 10.0 Å². The summed E-state index contributed by atoms with van der Waals surface area (Å²) in [5.74, 6) is -1.04. The minimum absolute atomic E-state index is 0.00754. The molecule has 0 aliphatic heterocycles. The number of carbonyl (C=O) groups excluding carboxylic acids is 2. The van der Waals surface area contributed by atoms with E-state index < -0.39 is 34.4 Å². The summed E-state index contributed by atoms with van der Waals surface area (Å²) < 4.78 is 29.0. The number of rotatable bonds is 12. The molecule has 0 unspecified atom stereocenters. The third kappa shape index (κ3) is 8.33. The van der Waals surface area contributed by atoms with E-state index >= 15 is 0 Å². The smallest absolute Gasteiger partial charge is 0.264 e. The first-order valence-electron chi connectivity index (χ1n) is 13.9. The maximum absolute atomic E-state index is 14.5. The lowest BCUT2D eigenvalue weighted by molar-refractivity contribution is -0.140. The molecule has 44 heavy (non-hydrogen) atoms. The van der Waals surface area contributed by atoms with Crippen molar-refractivity contribution in [3.63, 3.8) is 0 Å². The zero-order chi connectivity index (χ0) is 31.9.